The molecule has 2 aromatic rings. The summed E-state index contributed by atoms with van der Waals surface area (Å²) in [5.41, 5.74) is 1.69. The molecule has 19 heavy (non-hydrogen) atoms. The van der Waals surface area contributed by atoms with Crippen LogP contribution in [0.25, 0.3) is 11.0 Å². The first-order chi connectivity index (χ1) is 9.20. The van der Waals surface area contributed by atoms with Crippen molar-refractivity contribution in [2.24, 2.45) is 0 Å². The second-order valence-electron chi connectivity index (χ2n) is 4.83. The van der Waals surface area contributed by atoms with Crippen LogP contribution in [-0.2, 0) is 17.9 Å². The lowest BCUT2D eigenvalue weighted by Crippen LogP contribution is -2.15. The molecule has 1 aromatic carbocycles. The number of hydrogen-bond donors (Lipinski definition) is 1. The molecule has 1 aliphatic rings. The highest BCUT2D eigenvalue weighted by molar-refractivity contribution is 6.44. The summed E-state index contributed by atoms with van der Waals surface area (Å²) in [4.78, 5) is 0. The molecule has 1 fully saturated rings. The van der Waals surface area contributed by atoms with Gasteiger partial charge in [0.2, 0.25) is 0 Å². The first-order valence-corrected chi connectivity index (χ1v) is 7.07. The quantitative estimate of drug-likeness (QED) is 0.901. The van der Waals surface area contributed by atoms with Crippen molar-refractivity contribution >= 4 is 34.2 Å². The van der Waals surface area contributed by atoms with Crippen LogP contribution in [0.1, 0.15) is 24.2 Å². The van der Waals surface area contributed by atoms with Crippen molar-refractivity contribution in [3.63, 3.8) is 0 Å². The van der Waals surface area contributed by atoms with Crippen molar-refractivity contribution in [1.82, 2.24) is 5.32 Å². The molecule has 0 amide bonds. The number of nitrogens with one attached hydrogen (secondary N) is 1. The van der Waals surface area contributed by atoms with Gasteiger partial charge in [0.25, 0.3) is 0 Å². The van der Waals surface area contributed by atoms with E-state index in [2.05, 4.69) is 5.32 Å². The first-order valence-electron chi connectivity index (χ1n) is 6.31. The largest absolute Gasteiger partial charge is 0.458 e. The van der Waals surface area contributed by atoms with Crippen LogP contribution in [-0.4, -0.2) is 13.2 Å². The molecule has 0 bridgehead atoms. The van der Waals surface area contributed by atoms with Gasteiger partial charge in [-0.3, -0.25) is 0 Å². The monoisotopic (exact) mass is 299 g/mol. The SMILES string of the molecule is COCc1c(CNC2CC2)oc2c(Cl)c(Cl)ccc12. The molecule has 0 spiro atoms. The third-order valence-corrected chi connectivity index (χ3v) is 4.14. The normalized spacial score (nSPS) is 15.3. The van der Waals surface area contributed by atoms with Crippen molar-refractivity contribution in [2.45, 2.75) is 32.0 Å². The van der Waals surface area contributed by atoms with E-state index in [1.807, 2.05) is 6.07 Å². The average Bonchev–Trinajstić information content (AvgIpc) is 3.16. The minimum Gasteiger partial charge on any atom is -0.458 e. The molecule has 1 N–H and O–H groups in total. The van der Waals surface area contributed by atoms with Gasteiger partial charge in [0, 0.05) is 24.1 Å². The van der Waals surface area contributed by atoms with Crippen LogP contribution >= 0.6 is 23.2 Å². The Bertz CT molecular complexity index is 605. The summed E-state index contributed by atoms with van der Waals surface area (Å²) in [6.07, 6.45) is 2.48. The van der Waals surface area contributed by atoms with Crippen LogP contribution < -0.4 is 5.32 Å². The van der Waals surface area contributed by atoms with E-state index in [1.54, 1.807) is 13.2 Å². The maximum Gasteiger partial charge on any atom is 0.154 e. The van der Waals surface area contributed by atoms with Gasteiger partial charge in [-0.1, -0.05) is 23.2 Å². The van der Waals surface area contributed by atoms with Gasteiger partial charge in [-0.2, -0.15) is 0 Å². The maximum absolute atomic E-state index is 6.20. The summed E-state index contributed by atoms with van der Waals surface area (Å²) in [6, 6.07) is 4.35. The van der Waals surface area contributed by atoms with Gasteiger partial charge in [-0.25, -0.2) is 0 Å². The first kappa shape index (κ1) is 13.3. The maximum atomic E-state index is 6.20. The van der Waals surface area contributed by atoms with Crippen LogP contribution in [0.4, 0.5) is 0 Å². The van der Waals surface area contributed by atoms with Gasteiger partial charge in [0.15, 0.2) is 5.58 Å². The Kier molecular flexibility index (Phi) is 3.72. The Labute approximate surface area is 121 Å². The van der Waals surface area contributed by atoms with E-state index in [0.29, 0.717) is 34.8 Å². The number of halogens is 2. The fourth-order valence-electron chi connectivity index (χ4n) is 2.17. The van der Waals surface area contributed by atoms with E-state index in [1.165, 1.54) is 12.8 Å². The van der Waals surface area contributed by atoms with E-state index in [0.717, 1.165) is 16.7 Å². The molecule has 1 heterocycles. The number of furan rings is 1. The lowest BCUT2D eigenvalue weighted by atomic mass is 10.1. The summed E-state index contributed by atoms with van der Waals surface area (Å²) >= 11 is 12.2. The molecule has 1 aromatic heterocycles. The number of benzene rings is 1. The van der Waals surface area contributed by atoms with Gasteiger partial charge in [0.05, 0.1) is 18.2 Å². The van der Waals surface area contributed by atoms with E-state index < -0.39 is 0 Å². The van der Waals surface area contributed by atoms with Crippen molar-refractivity contribution in [3.8, 4) is 0 Å². The zero-order valence-corrected chi connectivity index (χ0v) is 12.1. The highest BCUT2D eigenvalue weighted by Crippen LogP contribution is 2.36. The number of methoxy groups -OCH3 is 1. The van der Waals surface area contributed by atoms with Crippen molar-refractivity contribution in [3.05, 3.63) is 33.5 Å². The highest BCUT2D eigenvalue weighted by atomic mass is 35.5. The third kappa shape index (κ3) is 2.61. The summed E-state index contributed by atoms with van der Waals surface area (Å²) in [7, 11) is 1.68. The zero-order chi connectivity index (χ0) is 13.4. The third-order valence-electron chi connectivity index (χ3n) is 3.35. The highest BCUT2D eigenvalue weighted by Gasteiger charge is 2.23. The molecule has 5 heteroatoms. The molecule has 0 atom stereocenters. The van der Waals surface area contributed by atoms with Crippen LogP contribution in [0, 0.1) is 0 Å². The minimum atomic E-state index is 0.467. The Morgan fingerprint density at radius 3 is 2.84 bits per heavy atom. The Morgan fingerprint density at radius 1 is 1.37 bits per heavy atom. The van der Waals surface area contributed by atoms with Gasteiger partial charge in [-0.05, 0) is 25.0 Å². The van der Waals surface area contributed by atoms with Crippen molar-refractivity contribution in [1.29, 1.82) is 0 Å². The lowest BCUT2D eigenvalue weighted by molar-refractivity contribution is 0.183. The Balaban J connectivity index is 2.02. The van der Waals surface area contributed by atoms with Gasteiger partial charge >= 0.3 is 0 Å². The number of rotatable bonds is 5. The number of fused-ring (bicyclic) bond motifs is 1. The van der Waals surface area contributed by atoms with Gasteiger partial charge < -0.3 is 14.5 Å². The minimum absolute atomic E-state index is 0.467. The second-order valence-corrected chi connectivity index (χ2v) is 5.62. The molecule has 1 saturated carbocycles. The molecule has 3 rings (SSSR count). The van der Waals surface area contributed by atoms with Crippen LogP contribution in [0.5, 0.6) is 0 Å². The van der Waals surface area contributed by atoms with E-state index in [9.17, 15) is 0 Å². The molecule has 1 aliphatic carbocycles. The smallest absolute Gasteiger partial charge is 0.154 e. The summed E-state index contributed by atoms with van der Waals surface area (Å²) in [5.74, 6) is 0.882. The van der Waals surface area contributed by atoms with E-state index in [4.69, 9.17) is 32.4 Å². The van der Waals surface area contributed by atoms with Gasteiger partial charge in [0.1, 0.15) is 10.8 Å². The molecular formula is C14H15Cl2NO2. The lowest BCUT2D eigenvalue weighted by Gasteiger charge is -2.03. The number of hydrogen-bond acceptors (Lipinski definition) is 3. The van der Waals surface area contributed by atoms with E-state index in [-0.39, 0.29) is 0 Å². The summed E-state index contributed by atoms with van der Waals surface area (Å²) in [5, 5.41) is 5.39. The number of ether oxygens (including phenoxy) is 1. The predicted octanol–water partition coefficient (Wildman–Crippen LogP) is 4.14. The zero-order valence-electron chi connectivity index (χ0n) is 10.6. The van der Waals surface area contributed by atoms with Crippen LogP contribution in [0.3, 0.4) is 0 Å². The Hall–Kier alpha value is -0.740. The summed E-state index contributed by atoms with van der Waals surface area (Å²) < 4.78 is 11.1. The topological polar surface area (TPSA) is 34.4 Å². The Morgan fingerprint density at radius 2 is 2.16 bits per heavy atom. The van der Waals surface area contributed by atoms with Gasteiger partial charge in [-0.15, -0.1) is 0 Å². The van der Waals surface area contributed by atoms with Crippen molar-refractivity contribution < 1.29 is 9.15 Å². The molecule has 3 nitrogen and oxygen atoms in total. The molecular weight excluding hydrogens is 285 g/mol. The van der Waals surface area contributed by atoms with E-state index >= 15 is 0 Å². The van der Waals surface area contributed by atoms with Crippen LogP contribution in [0.2, 0.25) is 10.0 Å². The average molecular weight is 300 g/mol. The second kappa shape index (κ2) is 5.33. The molecule has 0 unspecified atom stereocenters. The molecule has 0 saturated heterocycles. The predicted molar refractivity (Wildman–Crippen MR) is 76.8 cm³/mol. The molecule has 0 aliphatic heterocycles. The standard InChI is InChI=1S/C14H15Cl2NO2/c1-18-7-10-9-4-5-11(15)13(16)14(9)19-12(10)6-17-8-2-3-8/h4-5,8,17H,2-3,6-7H2,1H3. The fourth-order valence-corrected chi connectivity index (χ4v) is 2.53. The van der Waals surface area contributed by atoms with Crippen molar-refractivity contribution in [2.75, 3.05) is 7.11 Å². The molecule has 102 valence electrons. The fraction of sp³-hybridized carbons (Fsp3) is 0.429. The molecule has 0 radical (unpaired) electrons. The summed E-state index contributed by atoms with van der Waals surface area (Å²) in [6.45, 7) is 1.21. The van der Waals surface area contributed by atoms with Crippen LogP contribution in [0.15, 0.2) is 16.5 Å².